The second-order valence-electron chi connectivity index (χ2n) is 8.97. The Balaban J connectivity index is 1.36. The lowest BCUT2D eigenvalue weighted by atomic mass is 9.67. The van der Waals surface area contributed by atoms with Gasteiger partial charge in [0.1, 0.15) is 11.9 Å². The Hall–Kier alpha value is -3.66. The van der Waals surface area contributed by atoms with Crippen molar-refractivity contribution in [1.29, 1.82) is 0 Å². The third kappa shape index (κ3) is 5.45. The maximum atomic E-state index is 12.4. The van der Waals surface area contributed by atoms with Gasteiger partial charge in [-0.1, -0.05) is 68.5 Å². The number of allylic oxidation sites excluding steroid dienone is 5. The van der Waals surface area contributed by atoms with Gasteiger partial charge in [0.25, 0.3) is 0 Å². The SMILES string of the molecule is CCC(C1=CCC(OC(=O)c2ccccc2)C=C1)C1(C)C=CC(OC(=O)c2ccccc2)=CC1. The van der Waals surface area contributed by atoms with E-state index in [1.165, 1.54) is 5.57 Å². The molecule has 2 aliphatic carbocycles. The first-order valence-corrected chi connectivity index (χ1v) is 11.8. The van der Waals surface area contributed by atoms with Gasteiger partial charge in [-0.25, -0.2) is 9.59 Å². The lowest BCUT2D eigenvalue weighted by Gasteiger charge is -2.38. The average Bonchev–Trinajstić information content (AvgIpc) is 2.88. The first-order chi connectivity index (χ1) is 16.5. The van der Waals surface area contributed by atoms with Crippen LogP contribution in [0.15, 0.2) is 108 Å². The molecule has 0 aliphatic heterocycles. The summed E-state index contributed by atoms with van der Waals surface area (Å²) < 4.78 is 11.2. The van der Waals surface area contributed by atoms with E-state index in [4.69, 9.17) is 9.47 Å². The van der Waals surface area contributed by atoms with Crippen LogP contribution in [0.2, 0.25) is 0 Å². The van der Waals surface area contributed by atoms with Gasteiger partial charge in [0.2, 0.25) is 0 Å². The number of hydrogen-bond acceptors (Lipinski definition) is 4. The molecule has 0 aromatic heterocycles. The summed E-state index contributed by atoms with van der Waals surface area (Å²) >= 11 is 0. The van der Waals surface area contributed by atoms with Gasteiger partial charge in [0, 0.05) is 6.42 Å². The van der Waals surface area contributed by atoms with E-state index in [1.54, 1.807) is 24.3 Å². The molecule has 0 amide bonds. The van der Waals surface area contributed by atoms with Crippen molar-refractivity contribution in [2.24, 2.45) is 11.3 Å². The second kappa shape index (κ2) is 10.5. The molecule has 0 radical (unpaired) electrons. The zero-order valence-corrected chi connectivity index (χ0v) is 19.6. The molecule has 0 heterocycles. The van der Waals surface area contributed by atoms with Crippen LogP contribution >= 0.6 is 0 Å². The molecule has 0 spiro atoms. The zero-order chi connectivity index (χ0) is 24.0. The highest BCUT2D eigenvalue weighted by Crippen LogP contribution is 2.44. The predicted molar refractivity (Wildman–Crippen MR) is 133 cm³/mol. The molecule has 34 heavy (non-hydrogen) atoms. The highest BCUT2D eigenvalue weighted by molar-refractivity contribution is 5.90. The molecule has 0 bridgehead atoms. The number of carbonyl (C=O) groups is 2. The molecule has 4 rings (SSSR count). The van der Waals surface area contributed by atoms with Gasteiger partial charge >= 0.3 is 11.9 Å². The molecule has 2 aromatic rings. The van der Waals surface area contributed by atoms with Crippen molar-refractivity contribution >= 4 is 11.9 Å². The molecule has 0 fully saturated rings. The predicted octanol–water partition coefficient (Wildman–Crippen LogP) is 6.83. The van der Waals surface area contributed by atoms with Gasteiger partial charge in [0.15, 0.2) is 0 Å². The largest absolute Gasteiger partial charge is 0.454 e. The molecule has 2 aromatic carbocycles. The van der Waals surface area contributed by atoms with Gasteiger partial charge < -0.3 is 9.47 Å². The van der Waals surface area contributed by atoms with Gasteiger partial charge in [-0.05, 0) is 72.2 Å². The van der Waals surface area contributed by atoms with Gasteiger partial charge in [-0.2, -0.15) is 0 Å². The average molecular weight is 455 g/mol. The summed E-state index contributed by atoms with van der Waals surface area (Å²) in [6.07, 6.45) is 14.5. The van der Waals surface area contributed by atoms with Crippen LogP contribution < -0.4 is 0 Å². The molecule has 4 heteroatoms. The highest BCUT2D eigenvalue weighted by Gasteiger charge is 2.34. The maximum absolute atomic E-state index is 12.4. The van der Waals surface area contributed by atoms with Crippen LogP contribution in [0.5, 0.6) is 0 Å². The summed E-state index contributed by atoms with van der Waals surface area (Å²) in [7, 11) is 0. The molecule has 174 valence electrons. The third-order valence-corrected chi connectivity index (χ3v) is 6.56. The van der Waals surface area contributed by atoms with Crippen molar-refractivity contribution in [3.05, 3.63) is 120 Å². The molecule has 0 N–H and O–H groups in total. The topological polar surface area (TPSA) is 52.6 Å². The van der Waals surface area contributed by atoms with Crippen molar-refractivity contribution in [3.63, 3.8) is 0 Å². The molecular formula is C30H30O4. The van der Waals surface area contributed by atoms with Gasteiger partial charge in [-0.15, -0.1) is 0 Å². The van der Waals surface area contributed by atoms with Crippen molar-refractivity contribution in [2.45, 2.75) is 39.2 Å². The number of benzene rings is 2. The number of esters is 2. The van der Waals surface area contributed by atoms with E-state index in [0.29, 0.717) is 29.2 Å². The fourth-order valence-corrected chi connectivity index (χ4v) is 4.63. The van der Waals surface area contributed by atoms with E-state index in [9.17, 15) is 9.59 Å². The molecular weight excluding hydrogens is 424 g/mol. The lowest BCUT2D eigenvalue weighted by molar-refractivity contribution is 0.0396. The molecule has 3 unspecified atom stereocenters. The van der Waals surface area contributed by atoms with Crippen molar-refractivity contribution in [3.8, 4) is 0 Å². The van der Waals surface area contributed by atoms with Gasteiger partial charge in [-0.3, -0.25) is 0 Å². The Kier molecular flexibility index (Phi) is 7.27. The fourth-order valence-electron chi connectivity index (χ4n) is 4.63. The minimum atomic E-state index is -0.346. The van der Waals surface area contributed by atoms with Crippen molar-refractivity contribution in [1.82, 2.24) is 0 Å². The number of ether oxygens (including phenoxy) is 2. The minimum Gasteiger partial charge on any atom is -0.454 e. The second-order valence-corrected chi connectivity index (χ2v) is 8.97. The number of hydrogen-bond donors (Lipinski definition) is 0. The van der Waals surface area contributed by atoms with Crippen LogP contribution in [-0.4, -0.2) is 18.0 Å². The quantitative estimate of drug-likeness (QED) is 0.430. The highest BCUT2D eigenvalue weighted by atomic mass is 16.5. The Bertz CT molecular complexity index is 1140. The monoisotopic (exact) mass is 454 g/mol. The summed E-state index contributed by atoms with van der Waals surface area (Å²) in [5, 5.41) is 0. The van der Waals surface area contributed by atoms with E-state index in [-0.39, 0.29) is 23.5 Å². The summed E-state index contributed by atoms with van der Waals surface area (Å²) in [5.41, 5.74) is 2.25. The van der Waals surface area contributed by atoms with Crippen LogP contribution in [0, 0.1) is 11.3 Å². The standard InChI is InChI=1S/C30H30O4/c1-3-27(22-14-16-25(17-15-22)33-28(31)23-10-6-4-7-11-23)30(2)20-18-26(19-21-30)34-29(32)24-12-8-5-9-13-24/h4-16,18-20,25,27H,3,17,21H2,1-2H3. The van der Waals surface area contributed by atoms with Crippen LogP contribution in [0.3, 0.4) is 0 Å². The Morgan fingerprint density at radius 1 is 0.941 bits per heavy atom. The Morgan fingerprint density at radius 2 is 1.59 bits per heavy atom. The van der Waals surface area contributed by atoms with Crippen molar-refractivity contribution < 1.29 is 19.1 Å². The van der Waals surface area contributed by atoms with Gasteiger partial charge in [0.05, 0.1) is 11.1 Å². The van der Waals surface area contributed by atoms with Crippen molar-refractivity contribution in [2.75, 3.05) is 0 Å². The summed E-state index contributed by atoms with van der Waals surface area (Å²) in [5.74, 6) is 0.237. The lowest BCUT2D eigenvalue weighted by Crippen LogP contribution is -2.29. The van der Waals surface area contributed by atoms with E-state index in [0.717, 1.165) is 12.8 Å². The summed E-state index contributed by atoms with van der Waals surface area (Å²) in [6, 6.07) is 18.1. The summed E-state index contributed by atoms with van der Waals surface area (Å²) in [6.45, 7) is 4.43. The van der Waals surface area contributed by atoms with E-state index in [1.807, 2.05) is 54.6 Å². The Labute approximate surface area is 201 Å². The third-order valence-electron chi connectivity index (χ3n) is 6.56. The first kappa shape index (κ1) is 23.5. The van der Waals surface area contributed by atoms with Crippen LogP contribution in [0.1, 0.15) is 53.8 Å². The number of rotatable bonds is 7. The molecule has 3 atom stereocenters. The van der Waals surface area contributed by atoms with Crippen LogP contribution in [0.25, 0.3) is 0 Å². The normalized spacial score (nSPS) is 22.4. The molecule has 2 aliphatic rings. The molecule has 0 saturated carbocycles. The smallest absolute Gasteiger partial charge is 0.343 e. The van der Waals surface area contributed by atoms with E-state index < -0.39 is 0 Å². The number of carbonyl (C=O) groups excluding carboxylic acids is 2. The Morgan fingerprint density at radius 3 is 2.12 bits per heavy atom. The zero-order valence-electron chi connectivity index (χ0n) is 19.6. The molecule has 0 saturated heterocycles. The first-order valence-electron chi connectivity index (χ1n) is 11.8. The summed E-state index contributed by atoms with van der Waals surface area (Å²) in [4.78, 5) is 24.7. The van der Waals surface area contributed by atoms with Crippen LogP contribution in [-0.2, 0) is 9.47 Å². The maximum Gasteiger partial charge on any atom is 0.343 e. The van der Waals surface area contributed by atoms with E-state index >= 15 is 0 Å². The molecule has 4 nitrogen and oxygen atoms in total. The fraction of sp³-hybridized carbons (Fsp3) is 0.267. The van der Waals surface area contributed by atoms with Crippen LogP contribution in [0.4, 0.5) is 0 Å². The van der Waals surface area contributed by atoms with E-state index in [2.05, 4.69) is 32.1 Å². The minimum absolute atomic E-state index is 0.0961.